The maximum atomic E-state index is 11.6. The van der Waals surface area contributed by atoms with Gasteiger partial charge >= 0.3 is 11.9 Å². The van der Waals surface area contributed by atoms with Crippen LogP contribution in [-0.4, -0.2) is 24.2 Å². The van der Waals surface area contributed by atoms with Gasteiger partial charge in [-0.05, 0) is 22.8 Å². The second-order valence-corrected chi connectivity index (χ2v) is 4.72. The zero-order valence-corrected chi connectivity index (χ0v) is 12.2. The summed E-state index contributed by atoms with van der Waals surface area (Å²) in [6.07, 6.45) is 1.17. The fourth-order valence-corrected chi connectivity index (χ4v) is 2.08. The number of benzene rings is 2. The average Bonchev–Trinajstić information content (AvgIpc) is 2.54. The van der Waals surface area contributed by atoms with E-state index in [0.29, 0.717) is 0 Å². The first-order chi connectivity index (χ1) is 10.6. The normalized spacial score (nSPS) is 11.0. The van der Waals surface area contributed by atoms with Crippen molar-refractivity contribution in [2.45, 2.75) is 6.42 Å². The summed E-state index contributed by atoms with van der Waals surface area (Å²) in [6.45, 7) is 0. The van der Waals surface area contributed by atoms with Crippen LogP contribution in [0.25, 0.3) is 17.2 Å². The summed E-state index contributed by atoms with van der Waals surface area (Å²) in [5.74, 6) is -1.70. The molecule has 0 heterocycles. The van der Waals surface area contributed by atoms with Crippen molar-refractivity contribution in [3.63, 3.8) is 0 Å². The number of hydrogen-bond acceptors (Lipinski definition) is 3. The zero-order valence-electron chi connectivity index (χ0n) is 12.2. The highest BCUT2D eigenvalue weighted by Crippen LogP contribution is 2.20. The monoisotopic (exact) mass is 296 g/mol. The molecule has 2 aromatic rings. The summed E-state index contributed by atoms with van der Waals surface area (Å²) in [5.41, 5.74) is 3.01. The van der Waals surface area contributed by atoms with Gasteiger partial charge in [0.1, 0.15) is 0 Å². The van der Waals surface area contributed by atoms with E-state index in [9.17, 15) is 9.59 Å². The molecular weight excluding hydrogens is 280 g/mol. The van der Waals surface area contributed by atoms with Gasteiger partial charge < -0.3 is 9.84 Å². The van der Waals surface area contributed by atoms with Crippen LogP contribution in [0.15, 0.2) is 60.2 Å². The molecule has 0 aliphatic rings. The van der Waals surface area contributed by atoms with Gasteiger partial charge in [0.25, 0.3) is 0 Å². The van der Waals surface area contributed by atoms with E-state index in [1.807, 2.05) is 54.6 Å². The van der Waals surface area contributed by atoms with Gasteiger partial charge in [-0.25, -0.2) is 4.79 Å². The Morgan fingerprint density at radius 3 is 2.14 bits per heavy atom. The van der Waals surface area contributed by atoms with Crippen molar-refractivity contribution >= 4 is 18.0 Å². The number of carboxylic acid groups (broad SMARTS) is 1. The molecule has 2 rings (SSSR count). The van der Waals surface area contributed by atoms with Crippen LogP contribution >= 0.6 is 0 Å². The number of esters is 1. The first-order valence-corrected chi connectivity index (χ1v) is 6.76. The fourth-order valence-electron chi connectivity index (χ4n) is 2.08. The number of aliphatic carboxylic acids is 1. The van der Waals surface area contributed by atoms with E-state index in [2.05, 4.69) is 4.74 Å². The van der Waals surface area contributed by atoms with Gasteiger partial charge in [-0.1, -0.05) is 54.6 Å². The van der Waals surface area contributed by atoms with Crippen LogP contribution in [-0.2, 0) is 14.3 Å². The van der Waals surface area contributed by atoms with E-state index < -0.39 is 11.9 Å². The SMILES string of the molecule is COC(=O)C(=Cc1ccc(-c2ccccc2)cc1)CC(=O)O. The molecule has 0 bridgehead atoms. The summed E-state index contributed by atoms with van der Waals surface area (Å²) < 4.78 is 4.61. The molecule has 0 amide bonds. The van der Waals surface area contributed by atoms with E-state index >= 15 is 0 Å². The Morgan fingerprint density at radius 2 is 1.59 bits per heavy atom. The third-order valence-electron chi connectivity index (χ3n) is 3.15. The van der Waals surface area contributed by atoms with Crippen LogP contribution < -0.4 is 0 Å². The first kappa shape index (κ1) is 15.5. The van der Waals surface area contributed by atoms with Crippen LogP contribution in [0.2, 0.25) is 0 Å². The molecule has 4 heteroatoms. The van der Waals surface area contributed by atoms with Crippen LogP contribution in [0.4, 0.5) is 0 Å². The molecule has 0 fully saturated rings. The molecule has 0 unspecified atom stereocenters. The molecule has 0 aliphatic heterocycles. The quantitative estimate of drug-likeness (QED) is 0.678. The number of carbonyl (C=O) groups excluding carboxylic acids is 1. The number of rotatable bonds is 5. The summed E-state index contributed by atoms with van der Waals surface area (Å²) in [6, 6.07) is 17.4. The zero-order chi connectivity index (χ0) is 15.9. The highest BCUT2D eigenvalue weighted by Gasteiger charge is 2.13. The lowest BCUT2D eigenvalue weighted by Crippen LogP contribution is -2.09. The van der Waals surface area contributed by atoms with Crippen LogP contribution in [0, 0.1) is 0 Å². The molecule has 4 nitrogen and oxygen atoms in total. The Balaban J connectivity index is 2.26. The molecule has 1 N–H and O–H groups in total. The Morgan fingerprint density at radius 1 is 1.00 bits per heavy atom. The van der Waals surface area contributed by atoms with Gasteiger partial charge in [-0.2, -0.15) is 0 Å². The Labute approximate surface area is 128 Å². The van der Waals surface area contributed by atoms with Crippen molar-refractivity contribution in [2.24, 2.45) is 0 Å². The minimum Gasteiger partial charge on any atom is -0.481 e. The van der Waals surface area contributed by atoms with Crippen LogP contribution in [0.1, 0.15) is 12.0 Å². The summed E-state index contributed by atoms with van der Waals surface area (Å²) in [7, 11) is 1.23. The second-order valence-electron chi connectivity index (χ2n) is 4.72. The number of carbonyl (C=O) groups is 2. The average molecular weight is 296 g/mol. The van der Waals surface area contributed by atoms with Crippen molar-refractivity contribution in [2.75, 3.05) is 7.11 Å². The molecule has 0 aromatic heterocycles. The van der Waals surface area contributed by atoms with Crippen molar-refractivity contribution in [1.29, 1.82) is 0 Å². The fraction of sp³-hybridized carbons (Fsp3) is 0.111. The number of carboxylic acids is 1. The Bertz CT molecular complexity index is 685. The van der Waals surface area contributed by atoms with Crippen LogP contribution in [0.5, 0.6) is 0 Å². The van der Waals surface area contributed by atoms with E-state index in [4.69, 9.17) is 5.11 Å². The molecule has 0 aliphatic carbocycles. The molecule has 0 spiro atoms. The molecule has 2 aromatic carbocycles. The van der Waals surface area contributed by atoms with E-state index in [0.717, 1.165) is 16.7 Å². The standard InChI is InChI=1S/C18H16O4/c1-22-18(21)16(12-17(19)20)11-13-7-9-15(10-8-13)14-5-3-2-4-6-14/h2-11H,12H2,1H3,(H,19,20). The van der Waals surface area contributed by atoms with Crippen molar-refractivity contribution in [3.8, 4) is 11.1 Å². The summed E-state index contributed by atoms with van der Waals surface area (Å²) >= 11 is 0. The van der Waals surface area contributed by atoms with Gasteiger partial charge in [0.15, 0.2) is 0 Å². The third kappa shape index (κ3) is 4.06. The van der Waals surface area contributed by atoms with Gasteiger partial charge in [0.2, 0.25) is 0 Å². The predicted molar refractivity (Wildman–Crippen MR) is 84.1 cm³/mol. The van der Waals surface area contributed by atoms with E-state index in [-0.39, 0.29) is 12.0 Å². The van der Waals surface area contributed by atoms with Crippen molar-refractivity contribution in [1.82, 2.24) is 0 Å². The third-order valence-corrected chi connectivity index (χ3v) is 3.15. The maximum Gasteiger partial charge on any atom is 0.334 e. The predicted octanol–water partition coefficient (Wildman–Crippen LogP) is 3.38. The van der Waals surface area contributed by atoms with E-state index in [1.54, 1.807) is 0 Å². The molecular formula is C18H16O4. The summed E-state index contributed by atoms with van der Waals surface area (Å²) in [5, 5.41) is 8.85. The van der Waals surface area contributed by atoms with Crippen LogP contribution in [0.3, 0.4) is 0 Å². The minimum atomic E-state index is -1.07. The van der Waals surface area contributed by atoms with Gasteiger partial charge in [0.05, 0.1) is 13.5 Å². The lowest BCUT2D eigenvalue weighted by molar-refractivity contribution is -0.141. The highest BCUT2D eigenvalue weighted by molar-refractivity contribution is 5.97. The Hall–Kier alpha value is -2.88. The minimum absolute atomic E-state index is 0.113. The lowest BCUT2D eigenvalue weighted by Gasteiger charge is -2.05. The van der Waals surface area contributed by atoms with Gasteiger partial charge in [-0.3, -0.25) is 4.79 Å². The summed E-state index contributed by atoms with van der Waals surface area (Å²) in [4.78, 5) is 22.4. The number of hydrogen-bond donors (Lipinski definition) is 1. The molecule has 0 saturated heterocycles. The lowest BCUT2D eigenvalue weighted by atomic mass is 10.0. The second kappa shape index (κ2) is 7.22. The van der Waals surface area contributed by atoms with Crippen molar-refractivity contribution in [3.05, 3.63) is 65.7 Å². The highest BCUT2D eigenvalue weighted by atomic mass is 16.5. The maximum absolute atomic E-state index is 11.6. The van der Waals surface area contributed by atoms with E-state index in [1.165, 1.54) is 13.2 Å². The smallest absolute Gasteiger partial charge is 0.334 e. The van der Waals surface area contributed by atoms with Gasteiger partial charge in [0, 0.05) is 5.57 Å². The number of methoxy groups -OCH3 is 1. The molecule has 112 valence electrons. The molecule has 0 radical (unpaired) electrons. The Kier molecular flexibility index (Phi) is 5.09. The molecule has 0 saturated carbocycles. The largest absolute Gasteiger partial charge is 0.481 e. The molecule has 22 heavy (non-hydrogen) atoms. The topological polar surface area (TPSA) is 63.6 Å². The van der Waals surface area contributed by atoms with Gasteiger partial charge in [-0.15, -0.1) is 0 Å². The molecule has 0 atom stereocenters. The first-order valence-electron chi connectivity index (χ1n) is 6.76. The number of ether oxygens (including phenoxy) is 1. The van der Waals surface area contributed by atoms with Crippen molar-refractivity contribution < 1.29 is 19.4 Å².